The molecule has 1 nitrogen and oxygen atoms in total. The topological polar surface area (TPSA) is 26.0 Å². The van der Waals surface area contributed by atoms with Gasteiger partial charge in [0.05, 0.1) is 0 Å². The summed E-state index contributed by atoms with van der Waals surface area (Å²) < 4.78 is 0. The predicted molar refractivity (Wildman–Crippen MR) is 67.3 cm³/mol. The van der Waals surface area contributed by atoms with E-state index in [0.29, 0.717) is 5.92 Å². The van der Waals surface area contributed by atoms with Crippen molar-refractivity contribution in [1.29, 1.82) is 0 Å². The summed E-state index contributed by atoms with van der Waals surface area (Å²) in [7, 11) is 0. The van der Waals surface area contributed by atoms with E-state index >= 15 is 0 Å². The van der Waals surface area contributed by atoms with Gasteiger partial charge in [0.1, 0.15) is 0 Å². The molecule has 0 aromatic heterocycles. The van der Waals surface area contributed by atoms with Crippen LogP contribution in [0.5, 0.6) is 0 Å². The van der Waals surface area contributed by atoms with Crippen molar-refractivity contribution in [3.05, 3.63) is 33.8 Å². The average molecular weight is 226 g/mol. The van der Waals surface area contributed by atoms with Crippen LogP contribution in [0.25, 0.3) is 0 Å². The Morgan fingerprint density at radius 3 is 2.33 bits per heavy atom. The highest BCUT2D eigenvalue weighted by Crippen LogP contribution is 2.30. The van der Waals surface area contributed by atoms with Gasteiger partial charge < -0.3 is 5.73 Å². The van der Waals surface area contributed by atoms with E-state index in [9.17, 15) is 0 Å². The van der Waals surface area contributed by atoms with Crippen LogP contribution < -0.4 is 5.73 Å². The third kappa shape index (κ3) is 2.73. The smallest absolute Gasteiger partial charge is 0.0456 e. The Kier molecular flexibility index (Phi) is 4.18. The minimum Gasteiger partial charge on any atom is -0.324 e. The SMILES string of the molecule is CCC(C)C(N)c1cc(C)c(C)cc1Cl. The van der Waals surface area contributed by atoms with Crippen molar-refractivity contribution < 1.29 is 0 Å². The molecule has 0 aliphatic carbocycles. The summed E-state index contributed by atoms with van der Waals surface area (Å²) in [6.07, 6.45) is 1.07. The lowest BCUT2D eigenvalue weighted by Crippen LogP contribution is -2.19. The Balaban J connectivity index is 3.09. The van der Waals surface area contributed by atoms with E-state index in [-0.39, 0.29) is 6.04 Å². The van der Waals surface area contributed by atoms with Gasteiger partial charge in [-0.25, -0.2) is 0 Å². The highest BCUT2D eigenvalue weighted by atomic mass is 35.5. The second-order valence-corrected chi connectivity index (χ2v) is 4.78. The molecule has 0 aliphatic rings. The number of hydrogen-bond donors (Lipinski definition) is 1. The summed E-state index contributed by atoms with van der Waals surface area (Å²) in [6, 6.07) is 4.17. The molecular weight excluding hydrogens is 206 g/mol. The molecule has 2 N–H and O–H groups in total. The molecule has 15 heavy (non-hydrogen) atoms. The van der Waals surface area contributed by atoms with Gasteiger partial charge in [-0.15, -0.1) is 0 Å². The quantitative estimate of drug-likeness (QED) is 0.827. The third-order valence-electron chi connectivity index (χ3n) is 3.23. The van der Waals surface area contributed by atoms with Crippen LogP contribution in [-0.4, -0.2) is 0 Å². The van der Waals surface area contributed by atoms with E-state index in [1.165, 1.54) is 11.1 Å². The molecule has 0 fully saturated rings. The van der Waals surface area contributed by atoms with Gasteiger partial charge in [0.25, 0.3) is 0 Å². The average Bonchev–Trinajstić information content (AvgIpc) is 2.21. The Hall–Kier alpha value is -0.530. The molecule has 0 amide bonds. The monoisotopic (exact) mass is 225 g/mol. The van der Waals surface area contributed by atoms with Crippen molar-refractivity contribution in [2.45, 2.75) is 40.2 Å². The molecule has 0 aliphatic heterocycles. The third-order valence-corrected chi connectivity index (χ3v) is 3.56. The van der Waals surface area contributed by atoms with Gasteiger partial charge in [0.15, 0.2) is 0 Å². The van der Waals surface area contributed by atoms with Gasteiger partial charge in [-0.3, -0.25) is 0 Å². The number of rotatable bonds is 3. The van der Waals surface area contributed by atoms with Gasteiger partial charge >= 0.3 is 0 Å². The van der Waals surface area contributed by atoms with Gasteiger partial charge in [-0.05, 0) is 42.5 Å². The molecule has 0 bridgehead atoms. The normalized spacial score (nSPS) is 15.1. The number of benzene rings is 1. The Morgan fingerprint density at radius 2 is 1.80 bits per heavy atom. The van der Waals surface area contributed by atoms with E-state index in [1.807, 2.05) is 6.07 Å². The lowest BCUT2D eigenvalue weighted by Gasteiger charge is -2.21. The molecule has 1 rings (SSSR count). The zero-order chi connectivity index (χ0) is 11.6. The summed E-state index contributed by atoms with van der Waals surface area (Å²) in [6.45, 7) is 8.48. The largest absolute Gasteiger partial charge is 0.324 e. The first-order valence-electron chi connectivity index (χ1n) is 5.49. The molecule has 2 atom stereocenters. The number of aryl methyl sites for hydroxylation is 2. The van der Waals surface area contributed by atoms with Gasteiger partial charge in [-0.1, -0.05) is 37.9 Å². The van der Waals surface area contributed by atoms with Crippen LogP contribution in [0.3, 0.4) is 0 Å². The van der Waals surface area contributed by atoms with Crippen molar-refractivity contribution in [3.63, 3.8) is 0 Å². The maximum Gasteiger partial charge on any atom is 0.0456 e. The van der Waals surface area contributed by atoms with Crippen LogP contribution in [0.4, 0.5) is 0 Å². The Bertz CT molecular complexity index is 347. The minimum absolute atomic E-state index is 0.0433. The van der Waals surface area contributed by atoms with E-state index in [0.717, 1.165) is 17.0 Å². The highest BCUT2D eigenvalue weighted by Gasteiger charge is 2.16. The minimum atomic E-state index is 0.0433. The van der Waals surface area contributed by atoms with Gasteiger partial charge in [0.2, 0.25) is 0 Å². The molecule has 0 spiro atoms. The zero-order valence-corrected chi connectivity index (χ0v) is 10.7. The van der Waals surface area contributed by atoms with Gasteiger partial charge in [0, 0.05) is 11.1 Å². The lowest BCUT2D eigenvalue weighted by molar-refractivity contribution is 0.457. The van der Waals surface area contributed by atoms with Crippen LogP contribution in [0.15, 0.2) is 12.1 Å². The van der Waals surface area contributed by atoms with Crippen LogP contribution in [-0.2, 0) is 0 Å². The highest BCUT2D eigenvalue weighted by molar-refractivity contribution is 6.31. The first-order chi connectivity index (χ1) is 6.97. The molecule has 0 radical (unpaired) electrons. The van der Waals surface area contributed by atoms with Gasteiger partial charge in [-0.2, -0.15) is 0 Å². The van der Waals surface area contributed by atoms with Crippen molar-refractivity contribution in [1.82, 2.24) is 0 Å². The summed E-state index contributed by atoms with van der Waals surface area (Å²) in [5, 5.41) is 0.797. The summed E-state index contributed by atoms with van der Waals surface area (Å²) >= 11 is 6.22. The van der Waals surface area contributed by atoms with Crippen molar-refractivity contribution in [2.24, 2.45) is 11.7 Å². The zero-order valence-electron chi connectivity index (χ0n) is 9.97. The van der Waals surface area contributed by atoms with Crippen LogP contribution in [0.1, 0.15) is 43.0 Å². The molecule has 0 heterocycles. The molecule has 1 aromatic rings. The first kappa shape index (κ1) is 12.5. The molecular formula is C13H20ClN. The van der Waals surface area contributed by atoms with Crippen molar-refractivity contribution in [2.75, 3.05) is 0 Å². The predicted octanol–water partition coefficient (Wildman–Crippen LogP) is 4.00. The molecule has 0 saturated carbocycles. The van der Waals surface area contributed by atoms with Crippen LogP contribution in [0.2, 0.25) is 5.02 Å². The fourth-order valence-electron chi connectivity index (χ4n) is 1.62. The maximum absolute atomic E-state index is 6.22. The number of nitrogens with two attached hydrogens (primary N) is 1. The standard InChI is InChI=1S/C13H20ClN/c1-5-8(2)13(15)11-6-9(3)10(4)7-12(11)14/h6-8,13H,5,15H2,1-4H3. The van der Waals surface area contributed by atoms with E-state index in [1.54, 1.807) is 0 Å². The Morgan fingerprint density at radius 1 is 1.27 bits per heavy atom. The van der Waals surface area contributed by atoms with Crippen molar-refractivity contribution in [3.8, 4) is 0 Å². The number of halogens is 1. The first-order valence-corrected chi connectivity index (χ1v) is 5.87. The maximum atomic E-state index is 6.22. The second-order valence-electron chi connectivity index (χ2n) is 4.37. The lowest BCUT2D eigenvalue weighted by atomic mass is 9.91. The summed E-state index contributed by atoms with van der Waals surface area (Å²) in [5.41, 5.74) is 9.74. The van der Waals surface area contributed by atoms with E-state index < -0.39 is 0 Å². The molecule has 0 saturated heterocycles. The molecule has 1 aromatic carbocycles. The molecule has 2 unspecified atom stereocenters. The second kappa shape index (κ2) is 5.00. The fourth-order valence-corrected chi connectivity index (χ4v) is 1.96. The summed E-state index contributed by atoms with van der Waals surface area (Å²) in [4.78, 5) is 0. The van der Waals surface area contributed by atoms with Crippen LogP contribution in [0, 0.1) is 19.8 Å². The summed E-state index contributed by atoms with van der Waals surface area (Å²) in [5.74, 6) is 0.463. The van der Waals surface area contributed by atoms with Crippen LogP contribution >= 0.6 is 11.6 Å². The van der Waals surface area contributed by atoms with E-state index in [4.69, 9.17) is 17.3 Å². The van der Waals surface area contributed by atoms with Crippen molar-refractivity contribution >= 4 is 11.6 Å². The number of hydrogen-bond acceptors (Lipinski definition) is 1. The fraction of sp³-hybridized carbons (Fsp3) is 0.538. The molecule has 84 valence electrons. The molecule has 2 heteroatoms. The van der Waals surface area contributed by atoms with E-state index in [2.05, 4.69) is 33.8 Å². The Labute approximate surface area is 97.6 Å².